The fraction of sp³-hybridized carbons (Fsp3) is 0.118. The topological polar surface area (TPSA) is 131 Å². The molecule has 8 nitrogen and oxygen atoms in total. The van der Waals surface area contributed by atoms with E-state index in [9.17, 15) is 24.6 Å². The summed E-state index contributed by atoms with van der Waals surface area (Å²) in [6, 6.07) is 11.8. The number of rotatable bonds is 7. The average molecular weight is 373 g/mol. The number of aliphatic carboxylic acids is 1. The Morgan fingerprint density at radius 2 is 1.92 bits per heavy atom. The van der Waals surface area contributed by atoms with Crippen molar-refractivity contribution in [3.8, 4) is 0 Å². The van der Waals surface area contributed by atoms with Gasteiger partial charge in [0.25, 0.3) is 4.90 Å². The molecule has 1 aromatic heterocycles. The molecule has 0 aliphatic heterocycles. The lowest BCUT2D eigenvalue weighted by Gasteiger charge is -2.16. The van der Waals surface area contributed by atoms with E-state index in [0.717, 1.165) is 16.5 Å². The average Bonchev–Trinajstić information content (AvgIpc) is 3.04. The number of carbonyl (C=O) groups is 1. The third kappa shape index (κ3) is 3.69. The van der Waals surface area contributed by atoms with Crippen LogP contribution < -0.4 is 4.72 Å². The third-order valence-corrected chi connectivity index (χ3v) is 5.15. The van der Waals surface area contributed by atoms with Crippen molar-refractivity contribution >= 4 is 33.9 Å². The van der Waals surface area contributed by atoms with E-state index in [1.54, 1.807) is 6.20 Å². The molecule has 0 bridgehead atoms. The van der Waals surface area contributed by atoms with Crippen LogP contribution in [0.2, 0.25) is 0 Å². The van der Waals surface area contributed by atoms with Gasteiger partial charge >= 0.3 is 11.7 Å². The second-order valence-corrected chi connectivity index (χ2v) is 6.78. The van der Waals surface area contributed by atoms with Crippen molar-refractivity contribution < 1.29 is 19.4 Å². The molecule has 0 saturated heterocycles. The first-order valence-corrected chi connectivity index (χ1v) is 8.81. The summed E-state index contributed by atoms with van der Waals surface area (Å²) in [5, 5.41) is 21.4. The zero-order chi connectivity index (χ0) is 18.7. The molecule has 0 saturated carbocycles. The van der Waals surface area contributed by atoms with Crippen LogP contribution in [-0.2, 0) is 22.6 Å². The van der Waals surface area contributed by atoms with Crippen LogP contribution in [-0.4, -0.2) is 31.6 Å². The highest BCUT2D eigenvalue weighted by Crippen LogP contribution is 2.24. The molecule has 134 valence electrons. The predicted octanol–water partition coefficient (Wildman–Crippen LogP) is 2.38. The third-order valence-electron chi connectivity index (χ3n) is 3.91. The van der Waals surface area contributed by atoms with Gasteiger partial charge in [-0.05, 0) is 11.6 Å². The van der Waals surface area contributed by atoms with E-state index in [-0.39, 0.29) is 17.0 Å². The number of nitrogens with one attached hydrogen (secondary N) is 2. The standard InChI is InChI=1S/C17H15N3O5S/c21-17(22)14(9-11-10-18-13-6-2-1-5-12(11)13)19-26(25)16-8-4-3-7-15(16)20(23)24/h1-8,10,14,18-19H,9H2,(H,21,22). The number of nitrogens with zero attached hydrogens (tertiary/aromatic N) is 1. The molecule has 2 atom stereocenters. The zero-order valence-electron chi connectivity index (χ0n) is 13.4. The van der Waals surface area contributed by atoms with Gasteiger partial charge in [0.2, 0.25) is 0 Å². The van der Waals surface area contributed by atoms with Gasteiger partial charge in [-0.3, -0.25) is 14.9 Å². The number of nitro groups is 1. The number of benzene rings is 2. The molecule has 2 unspecified atom stereocenters. The molecule has 0 aliphatic carbocycles. The summed E-state index contributed by atoms with van der Waals surface area (Å²) >= 11 is -2.04. The number of aromatic amines is 1. The van der Waals surface area contributed by atoms with Crippen molar-refractivity contribution in [3.63, 3.8) is 0 Å². The van der Waals surface area contributed by atoms with Crippen LogP contribution in [0.25, 0.3) is 10.9 Å². The van der Waals surface area contributed by atoms with Gasteiger partial charge in [0.05, 0.1) is 16.3 Å². The molecule has 0 fully saturated rings. The van der Waals surface area contributed by atoms with Crippen LogP contribution in [0.5, 0.6) is 0 Å². The molecule has 0 amide bonds. The highest BCUT2D eigenvalue weighted by Gasteiger charge is 2.30. The van der Waals surface area contributed by atoms with E-state index in [0.29, 0.717) is 0 Å². The summed E-state index contributed by atoms with van der Waals surface area (Å²) in [4.78, 5) is 25.0. The van der Waals surface area contributed by atoms with Gasteiger partial charge in [-0.1, -0.05) is 30.3 Å². The minimum atomic E-state index is -2.04. The molecule has 2 aromatic carbocycles. The summed E-state index contributed by atoms with van der Waals surface area (Å²) in [7, 11) is 0. The molecule has 9 heteroatoms. The quantitative estimate of drug-likeness (QED) is 0.331. The highest BCUT2D eigenvalue weighted by atomic mass is 32.2. The molecular weight excluding hydrogens is 358 g/mol. The molecule has 0 radical (unpaired) electrons. The van der Waals surface area contributed by atoms with E-state index < -0.39 is 28.3 Å². The van der Waals surface area contributed by atoms with Crippen LogP contribution in [0.4, 0.5) is 5.69 Å². The maximum absolute atomic E-state index is 12.5. The van der Waals surface area contributed by atoms with Crippen molar-refractivity contribution in [2.75, 3.05) is 0 Å². The van der Waals surface area contributed by atoms with Crippen molar-refractivity contribution in [3.05, 3.63) is 70.4 Å². The lowest BCUT2D eigenvalue weighted by molar-refractivity contribution is -0.387. The largest absolute Gasteiger partial charge is 0.593 e. The molecular formula is C17H15N3O5S. The number of hydrogen-bond acceptors (Lipinski definition) is 5. The lowest BCUT2D eigenvalue weighted by atomic mass is 10.1. The lowest BCUT2D eigenvalue weighted by Crippen LogP contribution is -2.42. The Bertz CT molecular complexity index is 958. The molecule has 1 heterocycles. The van der Waals surface area contributed by atoms with Crippen LogP contribution in [0.3, 0.4) is 0 Å². The normalized spacial score (nSPS) is 13.4. The Kier molecular flexibility index (Phi) is 5.21. The minimum Gasteiger partial charge on any atom is -0.593 e. The van der Waals surface area contributed by atoms with Crippen molar-refractivity contribution in [1.29, 1.82) is 0 Å². The molecule has 3 N–H and O–H groups in total. The SMILES string of the molecule is O=C(O)C(Cc1c[nH]c2ccccc12)N[S+]([O-])c1ccccc1[N+](=O)[O-]. The zero-order valence-corrected chi connectivity index (χ0v) is 14.2. The number of nitro benzene ring substituents is 1. The van der Waals surface area contributed by atoms with Crippen molar-refractivity contribution in [2.45, 2.75) is 17.4 Å². The molecule has 3 aromatic rings. The summed E-state index contributed by atoms with van der Waals surface area (Å²) in [5.74, 6) is -1.19. The van der Waals surface area contributed by atoms with Crippen LogP contribution in [0.15, 0.2) is 59.6 Å². The first kappa shape index (κ1) is 17.9. The summed E-state index contributed by atoms with van der Waals surface area (Å²) in [6.45, 7) is 0. The molecule has 0 aliphatic rings. The summed E-state index contributed by atoms with van der Waals surface area (Å²) < 4.78 is 15.0. The Morgan fingerprint density at radius 3 is 2.65 bits per heavy atom. The van der Waals surface area contributed by atoms with Crippen LogP contribution in [0.1, 0.15) is 5.56 Å². The maximum Gasteiger partial charge on any atom is 0.325 e. The Morgan fingerprint density at radius 1 is 1.23 bits per heavy atom. The minimum absolute atomic E-state index is 0.0670. The highest BCUT2D eigenvalue weighted by molar-refractivity contribution is 7.89. The molecule has 3 rings (SSSR count). The van der Waals surface area contributed by atoms with E-state index in [4.69, 9.17) is 0 Å². The Balaban J connectivity index is 1.83. The van der Waals surface area contributed by atoms with Gasteiger partial charge in [-0.25, -0.2) is 0 Å². The second-order valence-electron chi connectivity index (χ2n) is 5.57. The monoisotopic (exact) mass is 373 g/mol. The summed E-state index contributed by atoms with van der Waals surface area (Å²) in [6.07, 6.45) is 1.78. The molecule has 0 spiro atoms. The van der Waals surface area contributed by atoms with E-state index in [1.165, 1.54) is 24.3 Å². The van der Waals surface area contributed by atoms with Crippen molar-refractivity contribution in [1.82, 2.24) is 9.71 Å². The first-order valence-electron chi connectivity index (χ1n) is 7.66. The van der Waals surface area contributed by atoms with Crippen molar-refractivity contribution in [2.24, 2.45) is 0 Å². The van der Waals surface area contributed by atoms with Gasteiger partial charge in [-0.15, -0.1) is 4.72 Å². The number of carboxylic acid groups (broad SMARTS) is 1. The number of hydrogen-bond donors (Lipinski definition) is 3. The van der Waals surface area contributed by atoms with E-state index in [1.807, 2.05) is 24.3 Å². The smallest absolute Gasteiger partial charge is 0.325 e. The first-order chi connectivity index (χ1) is 12.5. The maximum atomic E-state index is 12.5. The van der Waals surface area contributed by atoms with Gasteiger partial charge in [0, 0.05) is 35.7 Å². The number of fused-ring (bicyclic) bond motifs is 1. The van der Waals surface area contributed by atoms with E-state index in [2.05, 4.69) is 9.71 Å². The fourth-order valence-electron chi connectivity index (χ4n) is 2.66. The summed E-state index contributed by atoms with van der Waals surface area (Å²) in [5.41, 5.74) is 1.29. The van der Waals surface area contributed by atoms with Crippen LogP contribution in [0, 0.1) is 10.1 Å². The number of H-pyrrole nitrogens is 1. The van der Waals surface area contributed by atoms with Gasteiger partial charge in [0.1, 0.15) is 0 Å². The van der Waals surface area contributed by atoms with Crippen LogP contribution >= 0.6 is 0 Å². The predicted molar refractivity (Wildman–Crippen MR) is 96.1 cm³/mol. The number of aromatic nitrogens is 1. The van der Waals surface area contributed by atoms with Gasteiger partial charge in [0.15, 0.2) is 6.04 Å². The number of para-hydroxylation sites is 2. The Hall–Kier alpha value is -2.88. The fourth-order valence-corrected chi connectivity index (χ4v) is 3.76. The Labute approximate surface area is 151 Å². The van der Waals surface area contributed by atoms with E-state index >= 15 is 0 Å². The second kappa shape index (κ2) is 7.56. The number of carboxylic acids is 1. The van der Waals surface area contributed by atoms with Gasteiger partial charge < -0.3 is 14.6 Å². The van der Waals surface area contributed by atoms with Gasteiger partial charge in [-0.2, -0.15) is 0 Å². The molecule has 26 heavy (non-hydrogen) atoms.